The summed E-state index contributed by atoms with van der Waals surface area (Å²) in [7, 11) is 0. The van der Waals surface area contributed by atoms with Crippen LogP contribution in [-0.2, 0) is 19.3 Å². The lowest BCUT2D eigenvalue weighted by molar-refractivity contribution is 0.974. The number of rotatable bonds is 7. The molecule has 0 bridgehead atoms. The van der Waals surface area contributed by atoms with Crippen LogP contribution in [0.3, 0.4) is 0 Å². The molecule has 0 radical (unpaired) electrons. The molecule has 0 unspecified atom stereocenters. The maximum atomic E-state index is 4.85. The molecule has 2 nitrogen and oxygen atoms in total. The Bertz CT molecular complexity index is 1160. The van der Waals surface area contributed by atoms with Gasteiger partial charge in [0.05, 0.1) is 0 Å². The van der Waals surface area contributed by atoms with E-state index in [0.717, 1.165) is 31.5 Å². The van der Waals surface area contributed by atoms with Crippen molar-refractivity contribution in [3.05, 3.63) is 106 Å². The Labute approximate surface area is 179 Å². The van der Waals surface area contributed by atoms with Crippen molar-refractivity contribution in [2.45, 2.75) is 40.0 Å². The molecule has 1 N–H and O–H groups in total. The summed E-state index contributed by atoms with van der Waals surface area (Å²) in [6.45, 7) is 7.26. The molecule has 0 spiro atoms. The fourth-order valence-electron chi connectivity index (χ4n) is 4.01. The summed E-state index contributed by atoms with van der Waals surface area (Å²) < 4.78 is 0. The average Bonchev–Trinajstić information content (AvgIpc) is 3.16. The van der Waals surface area contributed by atoms with Crippen molar-refractivity contribution in [2.24, 2.45) is 4.99 Å². The number of aromatic nitrogens is 1. The Kier molecular flexibility index (Phi) is 6.13. The van der Waals surface area contributed by atoms with Gasteiger partial charge in [-0.2, -0.15) is 0 Å². The van der Waals surface area contributed by atoms with Crippen molar-refractivity contribution < 1.29 is 0 Å². The van der Waals surface area contributed by atoms with Gasteiger partial charge in [-0.15, -0.1) is 0 Å². The van der Waals surface area contributed by atoms with E-state index in [9.17, 15) is 0 Å². The van der Waals surface area contributed by atoms with Gasteiger partial charge in [0.25, 0.3) is 0 Å². The highest BCUT2D eigenvalue weighted by molar-refractivity contribution is 5.98. The van der Waals surface area contributed by atoms with Crippen LogP contribution in [0.4, 0.5) is 0 Å². The minimum atomic E-state index is 0.806. The van der Waals surface area contributed by atoms with Gasteiger partial charge in [0.2, 0.25) is 0 Å². The molecule has 0 aliphatic rings. The number of aromatic amines is 1. The fraction of sp³-hybridized carbons (Fsp3) is 0.250. The van der Waals surface area contributed by atoms with Crippen LogP contribution in [0.5, 0.6) is 0 Å². The second kappa shape index (κ2) is 9.13. The number of hydrogen-bond acceptors (Lipinski definition) is 1. The van der Waals surface area contributed by atoms with Crippen LogP contribution in [0.25, 0.3) is 10.9 Å². The Morgan fingerprint density at radius 3 is 2.47 bits per heavy atom. The average molecular weight is 395 g/mol. The molecule has 4 rings (SSSR count). The minimum absolute atomic E-state index is 0.806. The van der Waals surface area contributed by atoms with Gasteiger partial charge < -0.3 is 4.98 Å². The maximum absolute atomic E-state index is 4.85. The monoisotopic (exact) mass is 394 g/mol. The first kappa shape index (κ1) is 20.2. The van der Waals surface area contributed by atoms with Crippen molar-refractivity contribution in [3.8, 4) is 0 Å². The fourth-order valence-corrected chi connectivity index (χ4v) is 4.01. The minimum Gasteiger partial charge on any atom is -0.361 e. The Morgan fingerprint density at radius 1 is 0.900 bits per heavy atom. The van der Waals surface area contributed by atoms with E-state index in [1.807, 2.05) is 0 Å². The third kappa shape index (κ3) is 4.71. The van der Waals surface area contributed by atoms with E-state index >= 15 is 0 Å². The highest BCUT2D eigenvalue weighted by Crippen LogP contribution is 2.21. The van der Waals surface area contributed by atoms with Crippen molar-refractivity contribution in [2.75, 3.05) is 6.54 Å². The van der Waals surface area contributed by atoms with Crippen molar-refractivity contribution in [3.63, 3.8) is 0 Å². The third-order valence-electron chi connectivity index (χ3n) is 5.83. The largest absolute Gasteiger partial charge is 0.361 e. The normalized spacial score (nSPS) is 11.9. The lowest BCUT2D eigenvalue weighted by Gasteiger charge is -2.06. The van der Waals surface area contributed by atoms with Crippen molar-refractivity contribution in [1.82, 2.24) is 4.98 Å². The summed E-state index contributed by atoms with van der Waals surface area (Å²) in [6.07, 6.45) is 5.13. The van der Waals surface area contributed by atoms with E-state index < -0.39 is 0 Å². The van der Waals surface area contributed by atoms with Gasteiger partial charge in [0.15, 0.2) is 0 Å². The van der Waals surface area contributed by atoms with E-state index in [1.165, 1.54) is 44.3 Å². The number of nitrogens with one attached hydrogen (secondary N) is 1. The van der Waals surface area contributed by atoms with Crippen molar-refractivity contribution >= 4 is 16.6 Å². The maximum Gasteiger partial charge on any atom is 0.0456 e. The molecule has 0 aliphatic carbocycles. The molecule has 0 fully saturated rings. The first-order chi connectivity index (χ1) is 14.6. The van der Waals surface area contributed by atoms with E-state index in [0.29, 0.717) is 0 Å². The second-order valence-corrected chi connectivity index (χ2v) is 8.13. The molecule has 1 heterocycles. The Hall–Kier alpha value is -3.13. The van der Waals surface area contributed by atoms with Gasteiger partial charge in [-0.25, -0.2) is 0 Å². The van der Waals surface area contributed by atoms with Crippen LogP contribution in [0.2, 0.25) is 0 Å². The quantitative estimate of drug-likeness (QED) is 0.339. The topological polar surface area (TPSA) is 28.1 Å². The van der Waals surface area contributed by atoms with Crippen LogP contribution in [0.1, 0.15) is 47.2 Å². The van der Waals surface area contributed by atoms with Crippen molar-refractivity contribution in [1.29, 1.82) is 0 Å². The third-order valence-corrected chi connectivity index (χ3v) is 5.83. The van der Waals surface area contributed by atoms with E-state index in [-0.39, 0.29) is 0 Å². The van der Waals surface area contributed by atoms with Crippen LogP contribution >= 0.6 is 0 Å². The summed E-state index contributed by atoms with van der Waals surface area (Å²) in [5.74, 6) is 0. The Morgan fingerprint density at radius 2 is 1.70 bits per heavy atom. The standard InChI is InChI=1S/C28H30N2/c1-4-22-10-13-28-27(18-22)26(19-30-28)14-15-29-21(3)25-11-8-23(9-12-25)17-24-7-5-6-20(2)16-24/h5-13,16,18-19,30H,4,14-15,17H2,1-3H3. The SMILES string of the molecule is CCc1ccc2[nH]cc(CCN=C(C)c3ccc(Cc4cccc(C)c4)cc3)c2c1. The molecule has 0 saturated carbocycles. The number of aryl methyl sites for hydroxylation is 2. The molecule has 152 valence electrons. The summed E-state index contributed by atoms with van der Waals surface area (Å²) in [6, 6.07) is 24.3. The molecular formula is C28H30N2. The molecule has 3 aromatic carbocycles. The number of fused-ring (bicyclic) bond motifs is 1. The van der Waals surface area contributed by atoms with Crippen LogP contribution < -0.4 is 0 Å². The zero-order valence-electron chi connectivity index (χ0n) is 18.2. The van der Waals surface area contributed by atoms with Gasteiger partial charge in [-0.3, -0.25) is 4.99 Å². The lowest BCUT2D eigenvalue weighted by atomic mass is 10.0. The number of aliphatic imine (C=N–C) groups is 1. The van der Waals surface area contributed by atoms with Gasteiger partial charge in [0, 0.05) is 29.4 Å². The lowest BCUT2D eigenvalue weighted by Crippen LogP contribution is -1.99. The van der Waals surface area contributed by atoms with Gasteiger partial charge in [-0.1, -0.05) is 67.1 Å². The molecule has 2 heteroatoms. The van der Waals surface area contributed by atoms with Crippen LogP contribution in [-0.4, -0.2) is 17.2 Å². The summed E-state index contributed by atoms with van der Waals surface area (Å²) in [4.78, 5) is 8.24. The molecule has 30 heavy (non-hydrogen) atoms. The van der Waals surface area contributed by atoms with Gasteiger partial charge in [-0.05, 0) is 73.1 Å². The predicted octanol–water partition coefficient (Wildman–Crippen LogP) is 6.68. The van der Waals surface area contributed by atoms with E-state index in [1.54, 1.807) is 0 Å². The van der Waals surface area contributed by atoms with E-state index in [2.05, 4.69) is 98.7 Å². The molecule has 0 atom stereocenters. The highest BCUT2D eigenvalue weighted by atomic mass is 14.7. The van der Waals surface area contributed by atoms with E-state index in [4.69, 9.17) is 4.99 Å². The molecule has 0 aliphatic heterocycles. The number of hydrogen-bond donors (Lipinski definition) is 1. The summed E-state index contributed by atoms with van der Waals surface area (Å²) in [5.41, 5.74) is 10.3. The number of benzene rings is 3. The highest BCUT2D eigenvalue weighted by Gasteiger charge is 2.05. The van der Waals surface area contributed by atoms with Crippen LogP contribution in [0, 0.1) is 6.92 Å². The van der Waals surface area contributed by atoms with Crippen LogP contribution in [0.15, 0.2) is 77.9 Å². The molecule has 0 amide bonds. The first-order valence-electron chi connectivity index (χ1n) is 10.9. The summed E-state index contributed by atoms with van der Waals surface area (Å²) in [5, 5.41) is 1.34. The molecule has 0 saturated heterocycles. The molecule has 1 aromatic heterocycles. The Balaban J connectivity index is 1.40. The second-order valence-electron chi connectivity index (χ2n) is 8.13. The number of nitrogens with zero attached hydrogens (tertiary/aromatic N) is 1. The predicted molar refractivity (Wildman–Crippen MR) is 129 cm³/mol. The number of H-pyrrole nitrogens is 1. The molecule has 4 aromatic rings. The molecular weight excluding hydrogens is 364 g/mol. The summed E-state index contributed by atoms with van der Waals surface area (Å²) >= 11 is 0. The van der Waals surface area contributed by atoms with Gasteiger partial charge in [0.1, 0.15) is 0 Å². The van der Waals surface area contributed by atoms with Gasteiger partial charge >= 0.3 is 0 Å². The zero-order valence-corrected chi connectivity index (χ0v) is 18.2. The zero-order chi connectivity index (χ0) is 20.9. The first-order valence-corrected chi connectivity index (χ1v) is 10.9. The smallest absolute Gasteiger partial charge is 0.0456 e.